The molecule has 0 bridgehead atoms. The second-order valence-electron chi connectivity index (χ2n) is 5.53. The topological polar surface area (TPSA) is 55.7 Å². The van der Waals surface area contributed by atoms with Gasteiger partial charge in [0.15, 0.2) is 0 Å². The van der Waals surface area contributed by atoms with Crippen LogP contribution >= 0.6 is 12.4 Å². The summed E-state index contributed by atoms with van der Waals surface area (Å²) in [5.41, 5.74) is 1.19. The van der Waals surface area contributed by atoms with Crippen LogP contribution in [0.25, 0.3) is 10.8 Å². The normalized spacial score (nSPS) is 17.1. The van der Waals surface area contributed by atoms with Crippen molar-refractivity contribution in [1.29, 1.82) is 0 Å². The van der Waals surface area contributed by atoms with Crippen molar-refractivity contribution in [3.05, 3.63) is 42.0 Å². The van der Waals surface area contributed by atoms with E-state index in [0.717, 1.165) is 43.4 Å². The van der Waals surface area contributed by atoms with Crippen LogP contribution in [-0.2, 0) is 0 Å². The molecule has 1 saturated heterocycles. The van der Waals surface area contributed by atoms with Crippen LogP contribution in [0, 0.1) is 0 Å². The lowest BCUT2D eigenvalue weighted by molar-refractivity contribution is 0.142. The number of halogens is 1. The summed E-state index contributed by atoms with van der Waals surface area (Å²) in [5, 5.41) is 24.8. The molecule has 0 radical (unpaired) electrons. The lowest BCUT2D eigenvalue weighted by Gasteiger charge is -2.35. The van der Waals surface area contributed by atoms with Crippen molar-refractivity contribution in [2.75, 3.05) is 32.8 Å². The maximum atomic E-state index is 10.0. The van der Waals surface area contributed by atoms with Crippen molar-refractivity contribution in [2.24, 2.45) is 0 Å². The Balaban J connectivity index is 0.00000176. The van der Waals surface area contributed by atoms with E-state index in [9.17, 15) is 10.2 Å². The second-order valence-corrected chi connectivity index (χ2v) is 5.53. The molecule has 0 spiro atoms. The highest BCUT2D eigenvalue weighted by Crippen LogP contribution is 2.34. The minimum Gasteiger partial charge on any atom is -0.507 e. The SMILES string of the molecule is Cl.OCC[C@@H](c1ccc(O)c2ccccc12)N1CCNCC1. The Bertz CT molecular complexity index is 615. The molecular formula is C17H23ClN2O2. The summed E-state index contributed by atoms with van der Waals surface area (Å²) in [7, 11) is 0. The van der Waals surface area contributed by atoms with Gasteiger partial charge in [-0.25, -0.2) is 0 Å². The number of aliphatic hydroxyl groups is 1. The van der Waals surface area contributed by atoms with Gasteiger partial charge in [-0.3, -0.25) is 4.90 Å². The summed E-state index contributed by atoms with van der Waals surface area (Å²) >= 11 is 0. The first-order chi connectivity index (χ1) is 10.3. The summed E-state index contributed by atoms with van der Waals surface area (Å²) in [6.45, 7) is 4.11. The predicted octanol–water partition coefficient (Wildman–Crippen LogP) is 2.30. The molecule has 2 aromatic carbocycles. The van der Waals surface area contributed by atoms with Gasteiger partial charge < -0.3 is 15.5 Å². The van der Waals surface area contributed by atoms with Crippen molar-refractivity contribution in [3.8, 4) is 5.75 Å². The van der Waals surface area contributed by atoms with Gasteiger partial charge in [-0.05, 0) is 23.4 Å². The lowest BCUT2D eigenvalue weighted by atomic mass is 9.95. The number of hydrogen-bond acceptors (Lipinski definition) is 4. The average molecular weight is 323 g/mol. The van der Waals surface area contributed by atoms with E-state index in [1.54, 1.807) is 6.07 Å². The number of piperazine rings is 1. The van der Waals surface area contributed by atoms with E-state index in [2.05, 4.69) is 16.3 Å². The van der Waals surface area contributed by atoms with Crippen molar-refractivity contribution in [1.82, 2.24) is 10.2 Å². The number of fused-ring (bicyclic) bond motifs is 1. The van der Waals surface area contributed by atoms with Gasteiger partial charge in [0.2, 0.25) is 0 Å². The second kappa shape index (κ2) is 7.79. The van der Waals surface area contributed by atoms with Crippen LogP contribution in [0.4, 0.5) is 0 Å². The van der Waals surface area contributed by atoms with Crippen LogP contribution in [0.15, 0.2) is 36.4 Å². The van der Waals surface area contributed by atoms with Gasteiger partial charge in [0.1, 0.15) is 5.75 Å². The first-order valence-corrected chi connectivity index (χ1v) is 7.57. The molecule has 22 heavy (non-hydrogen) atoms. The van der Waals surface area contributed by atoms with E-state index < -0.39 is 0 Å². The summed E-state index contributed by atoms with van der Waals surface area (Å²) in [5.74, 6) is 0.317. The highest BCUT2D eigenvalue weighted by atomic mass is 35.5. The number of rotatable bonds is 4. The molecular weight excluding hydrogens is 300 g/mol. The zero-order valence-corrected chi connectivity index (χ0v) is 13.4. The summed E-state index contributed by atoms with van der Waals surface area (Å²) in [6, 6.07) is 11.9. The Morgan fingerprint density at radius 2 is 1.73 bits per heavy atom. The number of phenolic OH excluding ortho intramolecular Hbond substituents is 1. The minimum absolute atomic E-state index is 0. The molecule has 1 atom stereocenters. The fraction of sp³-hybridized carbons (Fsp3) is 0.412. The smallest absolute Gasteiger partial charge is 0.123 e. The lowest BCUT2D eigenvalue weighted by Crippen LogP contribution is -2.45. The van der Waals surface area contributed by atoms with Gasteiger partial charge in [0.25, 0.3) is 0 Å². The molecule has 1 aliphatic heterocycles. The Hall–Kier alpha value is -1.33. The van der Waals surface area contributed by atoms with Crippen LogP contribution in [0.1, 0.15) is 18.0 Å². The van der Waals surface area contributed by atoms with Crippen molar-refractivity contribution >= 4 is 23.2 Å². The highest BCUT2D eigenvalue weighted by molar-refractivity contribution is 5.91. The fourth-order valence-corrected chi connectivity index (χ4v) is 3.25. The van der Waals surface area contributed by atoms with Gasteiger partial charge in [-0.15, -0.1) is 12.4 Å². The van der Waals surface area contributed by atoms with Crippen LogP contribution in [0.3, 0.4) is 0 Å². The third kappa shape index (κ3) is 3.36. The molecule has 5 heteroatoms. The van der Waals surface area contributed by atoms with Crippen LogP contribution in [0.5, 0.6) is 5.75 Å². The molecule has 4 nitrogen and oxygen atoms in total. The largest absolute Gasteiger partial charge is 0.507 e. The predicted molar refractivity (Wildman–Crippen MR) is 91.7 cm³/mol. The molecule has 1 aliphatic rings. The van der Waals surface area contributed by atoms with E-state index in [4.69, 9.17) is 0 Å². The van der Waals surface area contributed by atoms with Gasteiger partial charge in [0, 0.05) is 44.2 Å². The Morgan fingerprint density at radius 3 is 2.41 bits per heavy atom. The third-order valence-corrected chi connectivity index (χ3v) is 4.29. The molecule has 3 N–H and O–H groups in total. The standard InChI is InChI=1S/C17H22N2O2.ClH/c20-12-7-16(19-10-8-18-9-11-19)14-5-6-17(21)15-4-2-1-3-13(14)15;/h1-6,16,18,20-21H,7-12H2;1H/t16-;/m0./s1. The fourth-order valence-electron chi connectivity index (χ4n) is 3.25. The molecule has 0 unspecified atom stereocenters. The third-order valence-electron chi connectivity index (χ3n) is 4.29. The summed E-state index contributed by atoms with van der Waals surface area (Å²) in [4.78, 5) is 2.42. The number of benzene rings is 2. The average Bonchev–Trinajstić information content (AvgIpc) is 2.55. The molecule has 2 aromatic rings. The number of nitrogens with one attached hydrogen (secondary N) is 1. The van der Waals surface area contributed by atoms with E-state index >= 15 is 0 Å². The molecule has 3 rings (SSSR count). The molecule has 1 fully saturated rings. The van der Waals surface area contributed by atoms with Gasteiger partial charge in [0.05, 0.1) is 0 Å². The quantitative estimate of drug-likeness (QED) is 0.808. The van der Waals surface area contributed by atoms with Crippen LogP contribution < -0.4 is 5.32 Å². The van der Waals surface area contributed by atoms with E-state index in [1.807, 2.05) is 24.3 Å². The molecule has 1 heterocycles. The Labute approximate surface area is 137 Å². The van der Waals surface area contributed by atoms with E-state index in [-0.39, 0.29) is 25.1 Å². The number of hydrogen-bond donors (Lipinski definition) is 3. The van der Waals surface area contributed by atoms with Gasteiger partial charge in [-0.2, -0.15) is 0 Å². The number of nitrogens with zero attached hydrogens (tertiary/aromatic N) is 1. The van der Waals surface area contributed by atoms with E-state index in [1.165, 1.54) is 5.56 Å². The van der Waals surface area contributed by atoms with Crippen molar-refractivity contribution in [2.45, 2.75) is 12.5 Å². The first-order valence-electron chi connectivity index (χ1n) is 7.57. The summed E-state index contributed by atoms with van der Waals surface area (Å²) < 4.78 is 0. The number of aromatic hydroxyl groups is 1. The monoisotopic (exact) mass is 322 g/mol. The molecule has 0 aromatic heterocycles. The Morgan fingerprint density at radius 1 is 1.05 bits per heavy atom. The van der Waals surface area contributed by atoms with Crippen LogP contribution in [0.2, 0.25) is 0 Å². The molecule has 120 valence electrons. The molecule has 0 saturated carbocycles. The molecule has 0 amide bonds. The zero-order valence-electron chi connectivity index (χ0n) is 12.5. The minimum atomic E-state index is 0. The summed E-state index contributed by atoms with van der Waals surface area (Å²) in [6.07, 6.45) is 0.717. The van der Waals surface area contributed by atoms with E-state index in [0.29, 0.717) is 5.75 Å². The maximum Gasteiger partial charge on any atom is 0.123 e. The number of aliphatic hydroxyl groups excluding tert-OH is 1. The van der Waals surface area contributed by atoms with Crippen molar-refractivity contribution < 1.29 is 10.2 Å². The maximum absolute atomic E-state index is 10.0. The van der Waals surface area contributed by atoms with Gasteiger partial charge >= 0.3 is 0 Å². The highest BCUT2D eigenvalue weighted by Gasteiger charge is 2.23. The van der Waals surface area contributed by atoms with Gasteiger partial charge in [-0.1, -0.05) is 30.3 Å². The number of phenols is 1. The van der Waals surface area contributed by atoms with Crippen LogP contribution in [-0.4, -0.2) is 47.9 Å². The Kier molecular flexibility index (Phi) is 6.03. The first kappa shape index (κ1) is 17.0. The zero-order chi connectivity index (χ0) is 14.7. The van der Waals surface area contributed by atoms with Crippen molar-refractivity contribution in [3.63, 3.8) is 0 Å². The molecule has 0 aliphatic carbocycles.